The van der Waals surface area contributed by atoms with Crippen LogP contribution in [0.3, 0.4) is 0 Å². The predicted molar refractivity (Wildman–Crippen MR) is 79.0 cm³/mol. The molecule has 0 atom stereocenters. The van der Waals surface area contributed by atoms with Crippen LogP contribution in [0.2, 0.25) is 0 Å². The molecule has 0 bridgehead atoms. The number of hydrogen-bond donors (Lipinski definition) is 2. The Morgan fingerprint density at radius 2 is 2.05 bits per heavy atom. The predicted octanol–water partition coefficient (Wildman–Crippen LogP) is 1.74. The summed E-state index contributed by atoms with van der Waals surface area (Å²) in [7, 11) is -1.72. The minimum atomic E-state index is -3.55. The van der Waals surface area contributed by atoms with Gasteiger partial charge in [-0.1, -0.05) is 15.9 Å². The van der Waals surface area contributed by atoms with Gasteiger partial charge >= 0.3 is 0 Å². The van der Waals surface area contributed by atoms with E-state index in [2.05, 4.69) is 26.0 Å². The highest BCUT2D eigenvalue weighted by Crippen LogP contribution is 2.27. The molecular weight excluding hydrogens is 332 g/mol. The van der Waals surface area contributed by atoms with Crippen LogP contribution >= 0.6 is 15.9 Å². The molecule has 0 unspecified atom stereocenters. The van der Waals surface area contributed by atoms with Gasteiger partial charge in [0.05, 0.1) is 6.61 Å². The van der Waals surface area contributed by atoms with E-state index < -0.39 is 10.0 Å². The van der Waals surface area contributed by atoms with Crippen LogP contribution in [-0.4, -0.2) is 35.2 Å². The number of benzene rings is 1. The molecule has 19 heavy (non-hydrogen) atoms. The van der Waals surface area contributed by atoms with E-state index in [1.807, 2.05) is 14.0 Å². The van der Waals surface area contributed by atoms with Crippen molar-refractivity contribution in [2.75, 3.05) is 26.7 Å². The SMILES string of the molecule is CCOc1ccc(Br)cc1S(=O)(=O)NCCCNC. The highest BCUT2D eigenvalue weighted by atomic mass is 79.9. The van der Waals surface area contributed by atoms with Crippen LogP contribution in [0.1, 0.15) is 13.3 Å². The summed E-state index contributed by atoms with van der Waals surface area (Å²) in [6, 6.07) is 4.95. The average molecular weight is 351 g/mol. The van der Waals surface area contributed by atoms with E-state index in [9.17, 15) is 8.42 Å². The third-order valence-corrected chi connectivity index (χ3v) is 4.37. The lowest BCUT2D eigenvalue weighted by atomic mass is 10.3. The third-order valence-electron chi connectivity index (χ3n) is 2.39. The minimum absolute atomic E-state index is 0.160. The second kappa shape index (κ2) is 7.84. The van der Waals surface area contributed by atoms with Crippen LogP contribution in [0.15, 0.2) is 27.6 Å². The van der Waals surface area contributed by atoms with E-state index in [0.717, 1.165) is 13.0 Å². The number of sulfonamides is 1. The molecule has 1 rings (SSSR count). The molecule has 1 aromatic carbocycles. The Bertz CT molecular complexity index is 506. The summed E-state index contributed by atoms with van der Waals surface area (Å²) in [5, 5.41) is 2.97. The van der Waals surface area contributed by atoms with Gasteiger partial charge in [-0.05, 0) is 45.1 Å². The van der Waals surface area contributed by atoms with Crippen LogP contribution in [0, 0.1) is 0 Å². The number of rotatable bonds is 8. The van der Waals surface area contributed by atoms with Crippen molar-refractivity contribution < 1.29 is 13.2 Å². The van der Waals surface area contributed by atoms with Gasteiger partial charge < -0.3 is 10.1 Å². The lowest BCUT2D eigenvalue weighted by Crippen LogP contribution is -2.27. The van der Waals surface area contributed by atoms with Gasteiger partial charge in [0.2, 0.25) is 10.0 Å². The quantitative estimate of drug-likeness (QED) is 0.700. The second-order valence-electron chi connectivity index (χ2n) is 3.88. The van der Waals surface area contributed by atoms with E-state index in [4.69, 9.17) is 4.74 Å². The zero-order valence-electron chi connectivity index (χ0n) is 11.1. The number of halogens is 1. The maximum absolute atomic E-state index is 12.2. The van der Waals surface area contributed by atoms with Crippen LogP contribution in [0.5, 0.6) is 5.75 Å². The number of nitrogens with one attached hydrogen (secondary N) is 2. The Balaban J connectivity index is 2.89. The van der Waals surface area contributed by atoms with E-state index in [-0.39, 0.29) is 4.90 Å². The molecule has 108 valence electrons. The fourth-order valence-corrected chi connectivity index (χ4v) is 3.27. The molecule has 0 radical (unpaired) electrons. The number of hydrogen-bond acceptors (Lipinski definition) is 4. The molecule has 0 aromatic heterocycles. The summed E-state index contributed by atoms with van der Waals surface area (Å²) in [4.78, 5) is 0.160. The zero-order chi connectivity index (χ0) is 14.3. The summed E-state index contributed by atoms with van der Waals surface area (Å²) in [5.74, 6) is 0.367. The topological polar surface area (TPSA) is 67.4 Å². The van der Waals surface area contributed by atoms with E-state index >= 15 is 0 Å². The molecule has 5 nitrogen and oxygen atoms in total. The fraction of sp³-hybridized carbons (Fsp3) is 0.500. The van der Waals surface area contributed by atoms with Crippen molar-refractivity contribution in [1.29, 1.82) is 0 Å². The Morgan fingerprint density at radius 1 is 1.32 bits per heavy atom. The molecule has 0 fully saturated rings. The lowest BCUT2D eigenvalue weighted by Gasteiger charge is -2.12. The van der Waals surface area contributed by atoms with E-state index in [0.29, 0.717) is 23.4 Å². The van der Waals surface area contributed by atoms with Crippen molar-refractivity contribution in [3.8, 4) is 5.75 Å². The van der Waals surface area contributed by atoms with E-state index in [1.54, 1.807) is 18.2 Å². The molecule has 0 amide bonds. The van der Waals surface area contributed by atoms with Gasteiger partial charge in [0.25, 0.3) is 0 Å². The summed E-state index contributed by atoms with van der Waals surface area (Å²) in [6.07, 6.45) is 0.730. The van der Waals surface area contributed by atoms with Crippen molar-refractivity contribution in [2.45, 2.75) is 18.2 Å². The third kappa shape index (κ3) is 5.10. The van der Waals surface area contributed by atoms with Crippen molar-refractivity contribution in [3.63, 3.8) is 0 Å². The molecule has 1 aromatic rings. The fourth-order valence-electron chi connectivity index (χ4n) is 1.52. The molecule has 0 saturated carbocycles. The van der Waals surface area contributed by atoms with Crippen molar-refractivity contribution in [2.24, 2.45) is 0 Å². The Kier molecular flexibility index (Phi) is 6.78. The monoisotopic (exact) mass is 350 g/mol. The van der Waals surface area contributed by atoms with Crippen molar-refractivity contribution in [3.05, 3.63) is 22.7 Å². The Hall–Kier alpha value is -0.630. The first-order valence-electron chi connectivity index (χ1n) is 6.08. The van der Waals surface area contributed by atoms with Gasteiger partial charge in [0, 0.05) is 11.0 Å². The molecule has 0 aliphatic carbocycles. The van der Waals surface area contributed by atoms with Crippen LogP contribution in [0.25, 0.3) is 0 Å². The Morgan fingerprint density at radius 3 is 2.68 bits per heavy atom. The smallest absolute Gasteiger partial charge is 0.244 e. The number of ether oxygens (including phenoxy) is 1. The standard InChI is InChI=1S/C12H19BrN2O3S/c1-3-18-11-6-5-10(13)9-12(11)19(16,17)15-8-4-7-14-2/h5-6,9,14-15H,3-4,7-8H2,1-2H3. The van der Waals surface area contributed by atoms with Crippen molar-refractivity contribution in [1.82, 2.24) is 10.0 Å². The van der Waals surface area contributed by atoms with Crippen molar-refractivity contribution >= 4 is 26.0 Å². The van der Waals surface area contributed by atoms with Gasteiger partial charge in [-0.25, -0.2) is 13.1 Å². The molecule has 0 saturated heterocycles. The summed E-state index contributed by atoms with van der Waals surface area (Å²) in [6.45, 7) is 3.39. The highest BCUT2D eigenvalue weighted by molar-refractivity contribution is 9.10. The van der Waals surface area contributed by atoms with Crippen LogP contribution in [0.4, 0.5) is 0 Å². The molecule has 0 aliphatic rings. The van der Waals surface area contributed by atoms with Gasteiger partial charge in [-0.15, -0.1) is 0 Å². The Labute approximate surface area is 122 Å². The molecule has 7 heteroatoms. The molecule has 0 heterocycles. The first-order chi connectivity index (χ1) is 9.01. The van der Waals surface area contributed by atoms with Gasteiger partial charge in [-0.3, -0.25) is 0 Å². The van der Waals surface area contributed by atoms with Gasteiger partial charge in [0.15, 0.2) is 0 Å². The molecule has 0 aliphatic heterocycles. The van der Waals surface area contributed by atoms with Crippen LogP contribution in [-0.2, 0) is 10.0 Å². The normalized spacial score (nSPS) is 11.5. The summed E-state index contributed by atoms with van der Waals surface area (Å²) >= 11 is 3.28. The average Bonchev–Trinajstić information content (AvgIpc) is 2.37. The van der Waals surface area contributed by atoms with E-state index in [1.165, 1.54) is 0 Å². The maximum atomic E-state index is 12.2. The molecular formula is C12H19BrN2O3S. The second-order valence-corrected chi connectivity index (χ2v) is 6.53. The maximum Gasteiger partial charge on any atom is 0.244 e. The van der Waals surface area contributed by atoms with Gasteiger partial charge in [-0.2, -0.15) is 0 Å². The minimum Gasteiger partial charge on any atom is -0.492 e. The highest BCUT2D eigenvalue weighted by Gasteiger charge is 2.19. The summed E-state index contributed by atoms with van der Waals surface area (Å²) in [5.41, 5.74) is 0. The molecule has 0 spiro atoms. The molecule has 2 N–H and O–H groups in total. The largest absolute Gasteiger partial charge is 0.492 e. The summed E-state index contributed by atoms with van der Waals surface area (Å²) < 4.78 is 33.0. The first-order valence-corrected chi connectivity index (χ1v) is 8.35. The van der Waals surface area contributed by atoms with Crippen LogP contribution < -0.4 is 14.8 Å². The van der Waals surface area contributed by atoms with Gasteiger partial charge in [0.1, 0.15) is 10.6 Å². The lowest BCUT2D eigenvalue weighted by molar-refractivity contribution is 0.331. The first kappa shape index (κ1) is 16.4. The zero-order valence-corrected chi connectivity index (χ0v) is 13.5.